The summed E-state index contributed by atoms with van der Waals surface area (Å²) in [6.07, 6.45) is 5.04. The largest absolute Gasteiger partial charge is 0 e. The SMILES string of the molecule is COC(=O)c1cccn1P(n1cccc1C(=O)OC)n1cccc1C(=O)OC.Fc1ccccc1.[C-]#[O+].[C-]#[O+].[Cr]. The van der Waals surface area contributed by atoms with Gasteiger partial charge in [-0.1, -0.05) is 18.2 Å². The van der Waals surface area contributed by atoms with Crippen molar-refractivity contribution in [2.75, 3.05) is 21.3 Å². The van der Waals surface area contributed by atoms with E-state index in [0.717, 1.165) is 0 Å². The molecule has 14 heteroatoms. The van der Waals surface area contributed by atoms with Gasteiger partial charge in [-0.05, 0) is 48.5 Å². The standard InChI is InChI=1S/C18H18N3O6P.C6H5F.2CO.Cr/c1-25-16(22)13-7-4-10-19(13)28(20-11-5-8-14(20)17(23)26-2)21-12-6-9-15(21)18(24)27-3;7-6-4-2-1-3-5-6;2*1-2;/h4-12H,1-3H3;1-5H;;;. The normalized spacial score (nSPS) is 9.12. The molecule has 0 unspecified atom stereocenters. The molecule has 0 fully saturated rings. The number of hydrogen-bond donors (Lipinski definition) is 0. The molecule has 1 aromatic carbocycles. The van der Waals surface area contributed by atoms with Crippen LogP contribution in [-0.2, 0) is 40.9 Å². The quantitative estimate of drug-likeness (QED) is 0.105. The summed E-state index contributed by atoms with van der Waals surface area (Å²) in [5.41, 5.74) is 0.799. The van der Waals surface area contributed by atoms with E-state index in [2.05, 4.69) is 13.3 Å². The summed E-state index contributed by atoms with van der Waals surface area (Å²) in [7, 11) is 2.19. The molecule has 0 saturated carbocycles. The zero-order chi connectivity index (χ0) is 29.4. The minimum absolute atomic E-state index is 0. The Balaban J connectivity index is 0.00000108. The first-order chi connectivity index (χ1) is 18.9. The molecule has 40 heavy (non-hydrogen) atoms. The number of carbonyl (C=O) groups is 3. The van der Waals surface area contributed by atoms with Gasteiger partial charge in [-0.2, -0.15) is 0 Å². The van der Waals surface area contributed by atoms with Gasteiger partial charge in [-0.15, -0.1) is 0 Å². The number of carbonyl (C=O) groups excluding carboxylic acids is 3. The van der Waals surface area contributed by atoms with E-state index in [1.165, 1.54) is 33.5 Å². The van der Waals surface area contributed by atoms with E-state index >= 15 is 0 Å². The molecule has 4 aromatic rings. The fourth-order valence-electron chi connectivity index (χ4n) is 3.11. The number of rotatable bonds is 6. The Morgan fingerprint density at radius 3 is 1.15 bits per heavy atom. The van der Waals surface area contributed by atoms with Crippen LogP contribution in [0.1, 0.15) is 31.5 Å². The van der Waals surface area contributed by atoms with Crippen molar-refractivity contribution in [2.45, 2.75) is 0 Å². The Bertz CT molecular complexity index is 1260. The van der Waals surface area contributed by atoms with E-state index in [-0.39, 0.29) is 40.3 Å². The zero-order valence-electron chi connectivity index (χ0n) is 21.4. The third kappa shape index (κ3) is 8.96. The van der Waals surface area contributed by atoms with Crippen molar-refractivity contribution in [3.8, 4) is 0 Å². The number of hydrogen-bond acceptors (Lipinski definition) is 6. The Kier molecular flexibility index (Phi) is 17.0. The number of methoxy groups -OCH3 is 3. The van der Waals surface area contributed by atoms with E-state index in [9.17, 15) is 18.8 Å². The van der Waals surface area contributed by atoms with Crippen LogP contribution in [0.5, 0.6) is 0 Å². The molecule has 0 aliphatic carbocycles. The van der Waals surface area contributed by atoms with Gasteiger partial charge < -0.3 is 14.2 Å². The first kappa shape index (κ1) is 35.8. The smallest absolute Gasteiger partial charge is 0 e. The molecule has 3 heterocycles. The minimum Gasteiger partial charge on any atom is 0 e. The van der Waals surface area contributed by atoms with Crippen molar-refractivity contribution in [2.24, 2.45) is 0 Å². The average molecular weight is 607 g/mol. The molecule has 4 rings (SSSR count). The van der Waals surface area contributed by atoms with Crippen LogP contribution in [0.2, 0.25) is 0 Å². The molecule has 208 valence electrons. The van der Waals surface area contributed by atoms with Gasteiger partial charge in [-0.3, -0.25) is 13.0 Å². The van der Waals surface area contributed by atoms with E-state index in [0.29, 0.717) is 0 Å². The van der Waals surface area contributed by atoms with Gasteiger partial charge in [-0.25, -0.2) is 18.8 Å². The molecule has 3 aromatic heterocycles. The van der Waals surface area contributed by atoms with Crippen molar-refractivity contribution in [3.05, 3.63) is 122 Å². The molecule has 0 spiro atoms. The number of aromatic nitrogens is 3. The number of nitrogens with zero attached hydrogens (tertiary/aromatic N) is 3. The van der Waals surface area contributed by atoms with Crippen LogP contribution in [0.4, 0.5) is 4.39 Å². The average Bonchev–Trinajstić information content (AvgIpc) is 3.77. The summed E-state index contributed by atoms with van der Waals surface area (Å²) in [6, 6.07) is 17.8. The topological polar surface area (TPSA) is 133 Å². The third-order valence-corrected chi connectivity index (χ3v) is 6.88. The number of esters is 3. The first-order valence-electron chi connectivity index (χ1n) is 10.6. The van der Waals surface area contributed by atoms with Crippen LogP contribution in [0.15, 0.2) is 85.3 Å². The minimum atomic E-state index is -1.66. The molecular formula is C26H23CrFN3O8P. The van der Waals surface area contributed by atoms with Crippen molar-refractivity contribution in [1.82, 2.24) is 13.0 Å². The Morgan fingerprint density at radius 2 is 0.925 bits per heavy atom. The molecule has 0 atom stereocenters. The van der Waals surface area contributed by atoms with E-state index < -0.39 is 26.3 Å². The first-order valence-corrected chi connectivity index (χ1v) is 11.8. The van der Waals surface area contributed by atoms with Gasteiger partial charge in [0.25, 0.3) is 0 Å². The molecular weight excluding hydrogens is 584 g/mol. The van der Waals surface area contributed by atoms with Crippen molar-refractivity contribution in [1.29, 1.82) is 0 Å². The molecule has 0 N–H and O–H groups in total. The van der Waals surface area contributed by atoms with Crippen LogP contribution in [0.3, 0.4) is 0 Å². The van der Waals surface area contributed by atoms with Crippen LogP contribution in [0, 0.1) is 19.1 Å². The van der Waals surface area contributed by atoms with Gasteiger partial charge in [0.2, 0.25) is 8.37 Å². The van der Waals surface area contributed by atoms with Crippen molar-refractivity contribution < 1.29 is 59.7 Å². The fraction of sp³-hybridized carbons (Fsp3) is 0.115. The Hall–Kier alpha value is -4.16. The predicted octanol–water partition coefficient (Wildman–Crippen LogP) is 4.37. The fourth-order valence-corrected chi connectivity index (χ4v) is 5.34. The second-order valence-electron chi connectivity index (χ2n) is 6.75. The molecule has 11 nitrogen and oxygen atoms in total. The van der Waals surface area contributed by atoms with E-state index in [4.69, 9.17) is 23.5 Å². The van der Waals surface area contributed by atoms with Crippen LogP contribution >= 0.6 is 8.37 Å². The number of ether oxygens (including phenoxy) is 3. The zero-order valence-corrected chi connectivity index (χ0v) is 23.6. The second kappa shape index (κ2) is 19.0. The summed E-state index contributed by atoms with van der Waals surface area (Å²) in [4.78, 5) is 36.8. The maximum absolute atomic E-state index is 12.3. The summed E-state index contributed by atoms with van der Waals surface area (Å²) >= 11 is 0. The molecule has 0 bridgehead atoms. The Labute approximate surface area is 241 Å². The van der Waals surface area contributed by atoms with Crippen LogP contribution in [0.25, 0.3) is 0 Å². The number of benzene rings is 1. The van der Waals surface area contributed by atoms with Crippen LogP contribution < -0.4 is 0 Å². The summed E-state index contributed by atoms with van der Waals surface area (Å²) < 4.78 is 46.5. The van der Waals surface area contributed by atoms with E-state index in [1.807, 2.05) is 0 Å². The monoisotopic (exact) mass is 607 g/mol. The van der Waals surface area contributed by atoms with Gasteiger partial charge in [0, 0.05) is 36.0 Å². The third-order valence-electron chi connectivity index (χ3n) is 4.68. The number of halogens is 1. The predicted molar refractivity (Wildman–Crippen MR) is 135 cm³/mol. The summed E-state index contributed by atoms with van der Waals surface area (Å²) in [5, 5.41) is 0. The van der Waals surface area contributed by atoms with Crippen LogP contribution in [-0.4, -0.2) is 52.3 Å². The van der Waals surface area contributed by atoms with Crippen molar-refractivity contribution >= 4 is 26.3 Å². The Morgan fingerprint density at radius 1 is 0.625 bits per heavy atom. The molecule has 0 saturated heterocycles. The molecule has 0 radical (unpaired) electrons. The van der Waals surface area contributed by atoms with Crippen molar-refractivity contribution in [3.63, 3.8) is 0 Å². The molecule has 0 aliphatic heterocycles. The van der Waals surface area contributed by atoms with Gasteiger partial charge in [0.05, 0.1) is 21.3 Å². The van der Waals surface area contributed by atoms with Gasteiger partial charge in [0.1, 0.15) is 22.9 Å². The summed E-state index contributed by atoms with van der Waals surface area (Å²) in [5.74, 6) is -1.81. The van der Waals surface area contributed by atoms with Gasteiger partial charge in [0.15, 0.2) is 0 Å². The second-order valence-corrected chi connectivity index (χ2v) is 8.58. The maximum Gasteiger partial charge on any atom is 0 e. The van der Waals surface area contributed by atoms with Gasteiger partial charge >= 0.3 is 40.5 Å². The maximum atomic E-state index is 12.3. The molecule has 0 aliphatic rings. The van der Waals surface area contributed by atoms with E-state index in [1.54, 1.807) is 86.2 Å². The summed E-state index contributed by atoms with van der Waals surface area (Å²) in [6.45, 7) is 9.00. The molecule has 0 amide bonds.